The molecule has 1 aromatic carbocycles. The van der Waals surface area contributed by atoms with E-state index >= 15 is 0 Å². The average Bonchev–Trinajstić information content (AvgIpc) is 2.49. The molecule has 0 N–H and O–H groups in total. The highest BCUT2D eigenvalue weighted by molar-refractivity contribution is 7.99. The van der Waals surface area contributed by atoms with E-state index in [2.05, 4.69) is 43.1 Å². The van der Waals surface area contributed by atoms with Gasteiger partial charge < -0.3 is 4.90 Å². The lowest BCUT2D eigenvalue weighted by molar-refractivity contribution is -0.133. The largest absolute Gasteiger partial charge is 0.339 e. The van der Waals surface area contributed by atoms with Crippen molar-refractivity contribution in [1.82, 2.24) is 9.80 Å². The van der Waals surface area contributed by atoms with Gasteiger partial charge in [0.05, 0.1) is 6.04 Å². The highest BCUT2D eigenvalue weighted by Gasteiger charge is 2.27. The molecule has 2 rings (SSSR count). The van der Waals surface area contributed by atoms with Crippen LogP contribution in [0.1, 0.15) is 24.9 Å². The Labute approximate surface area is 126 Å². The summed E-state index contributed by atoms with van der Waals surface area (Å²) < 4.78 is 0. The van der Waals surface area contributed by atoms with Crippen molar-refractivity contribution in [3.8, 4) is 0 Å². The van der Waals surface area contributed by atoms with Gasteiger partial charge in [-0.1, -0.05) is 37.3 Å². The number of hydrogen-bond donors (Lipinski definition) is 0. The van der Waals surface area contributed by atoms with Gasteiger partial charge in [-0.05, 0) is 18.4 Å². The van der Waals surface area contributed by atoms with Crippen molar-refractivity contribution in [2.24, 2.45) is 0 Å². The Balaban J connectivity index is 1.96. The summed E-state index contributed by atoms with van der Waals surface area (Å²) in [5, 5.41) is 0. The van der Waals surface area contributed by atoms with Gasteiger partial charge >= 0.3 is 0 Å². The second-order valence-electron chi connectivity index (χ2n) is 5.19. The molecule has 0 unspecified atom stereocenters. The van der Waals surface area contributed by atoms with E-state index in [9.17, 15) is 4.79 Å². The zero-order valence-corrected chi connectivity index (χ0v) is 13.2. The Kier molecular flexibility index (Phi) is 5.92. The van der Waals surface area contributed by atoms with E-state index in [0.717, 1.165) is 31.1 Å². The minimum absolute atomic E-state index is 0.306. The van der Waals surface area contributed by atoms with Crippen LogP contribution in [0.2, 0.25) is 0 Å². The predicted molar refractivity (Wildman–Crippen MR) is 86.0 cm³/mol. The molecule has 20 heavy (non-hydrogen) atoms. The molecule has 0 saturated carbocycles. The first-order valence-corrected chi connectivity index (χ1v) is 8.48. The van der Waals surface area contributed by atoms with Gasteiger partial charge in [0.25, 0.3) is 0 Å². The summed E-state index contributed by atoms with van der Waals surface area (Å²) in [5.74, 6) is 2.33. The monoisotopic (exact) mass is 292 g/mol. The van der Waals surface area contributed by atoms with Gasteiger partial charge in [-0.15, -0.1) is 0 Å². The van der Waals surface area contributed by atoms with E-state index in [4.69, 9.17) is 0 Å². The number of benzene rings is 1. The Morgan fingerprint density at radius 3 is 2.75 bits per heavy atom. The zero-order valence-electron chi connectivity index (χ0n) is 12.4. The van der Waals surface area contributed by atoms with E-state index in [-0.39, 0.29) is 0 Å². The van der Waals surface area contributed by atoms with Crippen LogP contribution in [-0.4, -0.2) is 53.9 Å². The van der Waals surface area contributed by atoms with Crippen molar-refractivity contribution in [2.45, 2.75) is 19.4 Å². The van der Waals surface area contributed by atoms with Crippen molar-refractivity contribution in [2.75, 3.05) is 38.2 Å². The van der Waals surface area contributed by atoms with Gasteiger partial charge in [-0.25, -0.2) is 0 Å². The van der Waals surface area contributed by atoms with E-state index in [1.54, 1.807) is 0 Å². The zero-order chi connectivity index (χ0) is 14.4. The average molecular weight is 292 g/mol. The Morgan fingerprint density at radius 1 is 1.30 bits per heavy atom. The van der Waals surface area contributed by atoms with E-state index in [0.29, 0.717) is 18.4 Å². The summed E-state index contributed by atoms with van der Waals surface area (Å²) in [6.45, 7) is 4.76. The molecule has 0 bridgehead atoms. The number of rotatable bonds is 5. The van der Waals surface area contributed by atoms with Crippen molar-refractivity contribution in [3.05, 3.63) is 35.9 Å². The maximum atomic E-state index is 12.3. The van der Waals surface area contributed by atoms with Crippen LogP contribution in [0, 0.1) is 0 Å². The number of likely N-dealkylation sites (N-methyl/N-ethyl adjacent to an activating group) is 1. The topological polar surface area (TPSA) is 23.6 Å². The molecule has 1 aliphatic rings. The molecule has 0 aromatic heterocycles. The van der Waals surface area contributed by atoms with Crippen LogP contribution in [-0.2, 0) is 4.79 Å². The summed E-state index contributed by atoms with van der Waals surface area (Å²) in [6, 6.07) is 10.8. The first kappa shape index (κ1) is 15.4. The molecular weight excluding hydrogens is 268 g/mol. The molecule has 1 aliphatic heterocycles. The molecule has 0 aliphatic carbocycles. The SMILES string of the molecule is CCSCCC(=O)N1CCN(C)[C@H](c2ccccc2)C1. The van der Waals surface area contributed by atoms with Crippen LogP contribution in [0.15, 0.2) is 30.3 Å². The number of carbonyl (C=O) groups is 1. The molecule has 1 atom stereocenters. The molecule has 1 fully saturated rings. The summed E-state index contributed by atoms with van der Waals surface area (Å²) in [6.07, 6.45) is 0.670. The number of piperazine rings is 1. The summed E-state index contributed by atoms with van der Waals surface area (Å²) in [5.41, 5.74) is 1.30. The smallest absolute Gasteiger partial charge is 0.223 e. The van der Waals surface area contributed by atoms with Crippen molar-refractivity contribution < 1.29 is 4.79 Å². The van der Waals surface area contributed by atoms with E-state index in [1.165, 1.54) is 5.56 Å². The molecular formula is C16H24N2OS. The van der Waals surface area contributed by atoms with Crippen LogP contribution in [0.3, 0.4) is 0 Å². The standard InChI is InChI=1S/C16H24N2OS/c1-3-20-12-9-16(19)18-11-10-17(2)15(13-18)14-7-5-4-6-8-14/h4-8,15H,3,9-13H2,1-2H3/t15-/m0/s1. The number of carbonyl (C=O) groups excluding carboxylic acids is 1. The Hall–Kier alpha value is -1.00. The normalized spacial score (nSPS) is 20.1. The Bertz CT molecular complexity index is 424. The third kappa shape index (κ3) is 4.00. The highest BCUT2D eigenvalue weighted by Crippen LogP contribution is 2.24. The quantitative estimate of drug-likeness (QED) is 0.780. The minimum Gasteiger partial charge on any atom is -0.339 e. The lowest BCUT2D eigenvalue weighted by Gasteiger charge is -2.39. The van der Waals surface area contributed by atoms with Crippen molar-refractivity contribution in [3.63, 3.8) is 0 Å². The highest BCUT2D eigenvalue weighted by atomic mass is 32.2. The molecule has 1 amide bonds. The molecule has 1 heterocycles. The summed E-state index contributed by atoms with van der Waals surface area (Å²) >= 11 is 1.84. The fourth-order valence-electron chi connectivity index (χ4n) is 2.60. The lowest BCUT2D eigenvalue weighted by Crippen LogP contribution is -2.49. The van der Waals surface area contributed by atoms with Crippen LogP contribution < -0.4 is 0 Å². The van der Waals surface area contributed by atoms with E-state index in [1.807, 2.05) is 22.7 Å². The number of amides is 1. The first-order valence-electron chi connectivity index (χ1n) is 7.33. The third-order valence-corrected chi connectivity index (χ3v) is 4.75. The van der Waals surface area contributed by atoms with Crippen LogP contribution in [0.4, 0.5) is 0 Å². The fourth-order valence-corrected chi connectivity index (χ4v) is 3.20. The van der Waals surface area contributed by atoms with Gasteiger partial charge in [0.15, 0.2) is 0 Å². The van der Waals surface area contributed by atoms with Gasteiger partial charge in [-0.3, -0.25) is 9.69 Å². The molecule has 1 aromatic rings. The maximum Gasteiger partial charge on any atom is 0.223 e. The Morgan fingerprint density at radius 2 is 2.05 bits per heavy atom. The second kappa shape index (κ2) is 7.70. The van der Waals surface area contributed by atoms with Crippen LogP contribution in [0.25, 0.3) is 0 Å². The van der Waals surface area contributed by atoms with Crippen molar-refractivity contribution >= 4 is 17.7 Å². The molecule has 3 nitrogen and oxygen atoms in total. The third-order valence-electron chi connectivity index (χ3n) is 3.85. The first-order chi connectivity index (χ1) is 9.72. The molecule has 4 heteroatoms. The van der Waals surface area contributed by atoms with Gasteiger partial charge in [0.2, 0.25) is 5.91 Å². The molecule has 110 valence electrons. The van der Waals surface area contributed by atoms with Gasteiger partial charge in [0, 0.05) is 31.8 Å². The summed E-state index contributed by atoms with van der Waals surface area (Å²) in [7, 11) is 2.15. The van der Waals surface area contributed by atoms with Crippen LogP contribution >= 0.6 is 11.8 Å². The van der Waals surface area contributed by atoms with Gasteiger partial charge in [0.1, 0.15) is 0 Å². The molecule has 0 spiro atoms. The lowest BCUT2D eigenvalue weighted by atomic mass is 10.0. The van der Waals surface area contributed by atoms with E-state index < -0.39 is 0 Å². The number of thioether (sulfide) groups is 1. The maximum absolute atomic E-state index is 12.3. The number of hydrogen-bond acceptors (Lipinski definition) is 3. The summed E-state index contributed by atoms with van der Waals surface area (Å²) in [4.78, 5) is 16.6. The minimum atomic E-state index is 0.306. The molecule has 1 saturated heterocycles. The fraction of sp³-hybridized carbons (Fsp3) is 0.562. The van der Waals surface area contributed by atoms with Crippen molar-refractivity contribution in [1.29, 1.82) is 0 Å². The second-order valence-corrected chi connectivity index (χ2v) is 6.59. The molecule has 0 radical (unpaired) electrons. The van der Waals surface area contributed by atoms with Gasteiger partial charge in [-0.2, -0.15) is 11.8 Å². The number of nitrogens with zero attached hydrogens (tertiary/aromatic N) is 2. The predicted octanol–water partition coefficient (Wildman–Crippen LogP) is 2.64. The van der Waals surface area contributed by atoms with Crippen LogP contribution in [0.5, 0.6) is 0 Å².